The highest BCUT2D eigenvalue weighted by atomic mass is 16.5. The average Bonchev–Trinajstić information content (AvgIpc) is 1.84. The largest absolute Gasteiger partial charge is 0.468 e. The van der Waals surface area contributed by atoms with Crippen LogP contribution in [0.4, 0.5) is 0 Å². The van der Waals surface area contributed by atoms with Gasteiger partial charge in [0.05, 0.1) is 7.11 Å². The number of rotatable bonds is 2. The monoisotopic (exact) mass is 129 g/mol. The molecule has 0 saturated carbocycles. The zero-order valence-corrected chi connectivity index (χ0v) is 5.68. The molecule has 1 unspecified atom stereocenters. The molecule has 0 aromatic rings. The predicted molar refractivity (Wildman–Crippen MR) is 34.8 cm³/mol. The molecule has 3 heteroatoms. The number of carbonyl (C=O) groups excluding carboxylic acids is 1. The highest BCUT2D eigenvalue weighted by molar-refractivity contribution is 5.78. The third kappa shape index (κ3) is 2.28. The van der Waals surface area contributed by atoms with E-state index in [2.05, 4.69) is 11.3 Å². The first kappa shape index (κ1) is 8.17. The Bertz CT molecular complexity index is 131. The number of esters is 1. The molecule has 0 aliphatic carbocycles. The number of ether oxygens (including phenoxy) is 1. The molecule has 0 rings (SSSR count). The smallest absolute Gasteiger partial charge is 0.326 e. The molecule has 0 aromatic heterocycles. The summed E-state index contributed by atoms with van der Waals surface area (Å²) in [4.78, 5) is 10.5. The fourth-order valence-corrected chi connectivity index (χ4v) is 0.328. The number of hydrogen-bond acceptors (Lipinski definition) is 3. The lowest BCUT2D eigenvalue weighted by molar-refractivity contribution is -0.141. The second kappa shape index (κ2) is 3.25. The normalized spacial score (nSPS) is 12.3. The van der Waals surface area contributed by atoms with Gasteiger partial charge in [-0.15, -0.1) is 0 Å². The van der Waals surface area contributed by atoms with Crippen molar-refractivity contribution in [3.05, 3.63) is 12.2 Å². The van der Waals surface area contributed by atoms with Crippen LogP contribution in [0.5, 0.6) is 0 Å². The summed E-state index contributed by atoms with van der Waals surface area (Å²) >= 11 is 0. The van der Waals surface area contributed by atoms with E-state index in [1.807, 2.05) is 0 Å². The van der Waals surface area contributed by atoms with Gasteiger partial charge in [0.2, 0.25) is 0 Å². The van der Waals surface area contributed by atoms with Gasteiger partial charge in [-0.25, -0.2) is 0 Å². The Hall–Kier alpha value is -0.830. The van der Waals surface area contributed by atoms with Crippen LogP contribution >= 0.6 is 0 Å². The van der Waals surface area contributed by atoms with E-state index in [-0.39, 0.29) is 0 Å². The second-order valence-corrected chi connectivity index (χ2v) is 1.85. The minimum absolute atomic E-state index is 0.442. The van der Waals surface area contributed by atoms with Crippen LogP contribution in [0.15, 0.2) is 12.2 Å². The molecule has 1 atom stereocenters. The van der Waals surface area contributed by atoms with Crippen molar-refractivity contribution in [2.45, 2.75) is 13.0 Å². The van der Waals surface area contributed by atoms with E-state index in [0.717, 1.165) is 0 Å². The summed E-state index contributed by atoms with van der Waals surface area (Å²) in [5.41, 5.74) is 5.91. The Balaban J connectivity index is 3.88. The molecule has 2 N–H and O–H groups in total. The third-order valence-electron chi connectivity index (χ3n) is 0.986. The van der Waals surface area contributed by atoms with Crippen molar-refractivity contribution in [3.8, 4) is 0 Å². The highest BCUT2D eigenvalue weighted by Gasteiger charge is 2.12. The quantitative estimate of drug-likeness (QED) is 0.424. The Morgan fingerprint density at radius 1 is 1.78 bits per heavy atom. The molecule has 3 nitrogen and oxygen atoms in total. The summed E-state index contributed by atoms with van der Waals surface area (Å²) in [6.07, 6.45) is 0. The van der Waals surface area contributed by atoms with Crippen LogP contribution in [0.25, 0.3) is 0 Å². The van der Waals surface area contributed by atoms with Gasteiger partial charge in [0, 0.05) is 0 Å². The van der Waals surface area contributed by atoms with Gasteiger partial charge in [-0.1, -0.05) is 12.2 Å². The standard InChI is InChI=1S/C6H11NO2/c1-4(2)5(7)6(8)9-3/h5H,1,7H2,2-3H3. The minimum atomic E-state index is -0.671. The van der Waals surface area contributed by atoms with Crippen LogP contribution in [0.3, 0.4) is 0 Å². The van der Waals surface area contributed by atoms with Gasteiger partial charge in [0.25, 0.3) is 0 Å². The summed E-state index contributed by atoms with van der Waals surface area (Å²) in [5, 5.41) is 0. The van der Waals surface area contributed by atoms with Gasteiger partial charge >= 0.3 is 5.97 Å². The predicted octanol–water partition coefficient (Wildman–Crippen LogP) is 0.0628. The number of hydrogen-bond donors (Lipinski definition) is 1. The van der Waals surface area contributed by atoms with Crippen LogP contribution in [0, 0.1) is 0 Å². The van der Waals surface area contributed by atoms with Crippen molar-refractivity contribution in [2.75, 3.05) is 7.11 Å². The van der Waals surface area contributed by atoms with E-state index < -0.39 is 12.0 Å². The van der Waals surface area contributed by atoms with Crippen molar-refractivity contribution >= 4 is 5.97 Å². The Labute approximate surface area is 54.5 Å². The minimum Gasteiger partial charge on any atom is -0.468 e. The molecule has 0 spiro atoms. The lowest BCUT2D eigenvalue weighted by atomic mass is 10.2. The van der Waals surface area contributed by atoms with E-state index >= 15 is 0 Å². The first-order chi connectivity index (χ1) is 4.09. The fourth-order valence-electron chi connectivity index (χ4n) is 0.328. The van der Waals surface area contributed by atoms with Gasteiger partial charge in [-0.3, -0.25) is 4.79 Å². The molecule has 0 heterocycles. The maximum Gasteiger partial charge on any atom is 0.326 e. The maximum atomic E-state index is 10.5. The third-order valence-corrected chi connectivity index (χ3v) is 0.986. The van der Waals surface area contributed by atoms with Crippen molar-refractivity contribution in [2.24, 2.45) is 5.73 Å². The molecule has 0 saturated heterocycles. The molecular weight excluding hydrogens is 118 g/mol. The van der Waals surface area contributed by atoms with E-state index in [1.165, 1.54) is 7.11 Å². The van der Waals surface area contributed by atoms with Crippen LogP contribution in [-0.4, -0.2) is 19.1 Å². The molecule has 52 valence electrons. The summed E-state index contributed by atoms with van der Waals surface area (Å²) in [7, 11) is 1.30. The lowest BCUT2D eigenvalue weighted by Gasteiger charge is -2.06. The molecule has 0 fully saturated rings. The average molecular weight is 129 g/mol. The number of carbonyl (C=O) groups is 1. The molecular formula is C6H11NO2. The summed E-state index contributed by atoms with van der Waals surface area (Å²) < 4.78 is 4.35. The maximum absolute atomic E-state index is 10.5. The van der Waals surface area contributed by atoms with Gasteiger partial charge in [0.1, 0.15) is 6.04 Å². The Morgan fingerprint density at radius 2 is 2.22 bits per heavy atom. The molecule has 0 aliphatic heterocycles. The van der Waals surface area contributed by atoms with E-state index in [4.69, 9.17) is 5.73 Å². The zero-order valence-electron chi connectivity index (χ0n) is 5.68. The van der Waals surface area contributed by atoms with Crippen molar-refractivity contribution in [1.82, 2.24) is 0 Å². The number of methoxy groups -OCH3 is 1. The van der Waals surface area contributed by atoms with Crippen LogP contribution in [0.2, 0.25) is 0 Å². The van der Waals surface area contributed by atoms with Gasteiger partial charge < -0.3 is 10.5 Å². The molecule has 0 amide bonds. The molecule has 0 aliphatic rings. The summed E-state index contributed by atoms with van der Waals surface area (Å²) in [6, 6.07) is -0.671. The topological polar surface area (TPSA) is 52.3 Å². The van der Waals surface area contributed by atoms with Crippen LogP contribution in [-0.2, 0) is 9.53 Å². The SMILES string of the molecule is C=C(C)C(N)C(=O)OC. The molecule has 9 heavy (non-hydrogen) atoms. The van der Waals surface area contributed by atoms with Gasteiger partial charge in [-0.05, 0) is 6.92 Å². The zero-order chi connectivity index (χ0) is 7.44. The van der Waals surface area contributed by atoms with Crippen molar-refractivity contribution in [3.63, 3.8) is 0 Å². The molecule has 0 radical (unpaired) electrons. The van der Waals surface area contributed by atoms with Crippen LogP contribution in [0.1, 0.15) is 6.92 Å². The van der Waals surface area contributed by atoms with Crippen LogP contribution < -0.4 is 5.73 Å². The highest BCUT2D eigenvalue weighted by Crippen LogP contribution is 1.94. The van der Waals surface area contributed by atoms with E-state index in [0.29, 0.717) is 5.57 Å². The van der Waals surface area contributed by atoms with Crippen molar-refractivity contribution < 1.29 is 9.53 Å². The molecule has 0 bridgehead atoms. The first-order valence-corrected chi connectivity index (χ1v) is 2.58. The van der Waals surface area contributed by atoms with E-state index in [1.54, 1.807) is 6.92 Å². The van der Waals surface area contributed by atoms with Gasteiger partial charge in [-0.2, -0.15) is 0 Å². The van der Waals surface area contributed by atoms with Gasteiger partial charge in [0.15, 0.2) is 0 Å². The number of nitrogens with two attached hydrogens (primary N) is 1. The lowest BCUT2D eigenvalue weighted by Crippen LogP contribution is -2.32. The second-order valence-electron chi connectivity index (χ2n) is 1.85. The summed E-state index contributed by atoms with van der Waals surface area (Å²) in [5.74, 6) is -0.442. The Kier molecular flexibility index (Phi) is 2.95. The summed E-state index contributed by atoms with van der Waals surface area (Å²) in [6.45, 7) is 5.18. The molecule has 0 aromatic carbocycles. The van der Waals surface area contributed by atoms with E-state index in [9.17, 15) is 4.79 Å². The fraction of sp³-hybridized carbons (Fsp3) is 0.500. The van der Waals surface area contributed by atoms with Crippen molar-refractivity contribution in [1.29, 1.82) is 0 Å². The Morgan fingerprint density at radius 3 is 2.33 bits per heavy atom. The first-order valence-electron chi connectivity index (χ1n) is 2.58.